The summed E-state index contributed by atoms with van der Waals surface area (Å²) >= 11 is 6.02. The summed E-state index contributed by atoms with van der Waals surface area (Å²) in [6.45, 7) is 2.84. The topological polar surface area (TPSA) is 8.17 Å². The van der Waals surface area contributed by atoms with Crippen LogP contribution in [0, 0.1) is 5.82 Å². The van der Waals surface area contributed by atoms with Crippen LogP contribution in [-0.2, 0) is 13.1 Å². The first-order valence-electron chi connectivity index (χ1n) is 8.60. The fourth-order valence-electron chi connectivity index (χ4n) is 3.66. The minimum absolute atomic E-state index is 0.119. The Morgan fingerprint density at radius 2 is 1.72 bits per heavy atom. The largest absolute Gasteiger partial charge is 0.350 e. The zero-order valence-corrected chi connectivity index (χ0v) is 14.7. The maximum Gasteiger partial charge on any atom is 0.123 e. The lowest BCUT2D eigenvalue weighted by Gasteiger charge is -2.30. The van der Waals surface area contributed by atoms with E-state index in [1.165, 1.54) is 11.3 Å². The highest BCUT2D eigenvalue weighted by Gasteiger charge is 2.27. The van der Waals surface area contributed by atoms with Crippen molar-refractivity contribution in [3.8, 4) is 0 Å². The van der Waals surface area contributed by atoms with Crippen LogP contribution in [0.3, 0.4) is 0 Å². The van der Waals surface area contributed by atoms with E-state index in [1.807, 2.05) is 24.3 Å². The van der Waals surface area contributed by atoms with Crippen molar-refractivity contribution in [2.24, 2.45) is 0 Å². The molecular formula is C21H20ClFN2. The molecule has 0 radical (unpaired) electrons. The fourth-order valence-corrected chi connectivity index (χ4v) is 3.79. The van der Waals surface area contributed by atoms with Gasteiger partial charge >= 0.3 is 0 Å². The van der Waals surface area contributed by atoms with Gasteiger partial charge in [-0.25, -0.2) is 4.39 Å². The number of aryl methyl sites for hydroxylation is 1. The van der Waals surface area contributed by atoms with E-state index in [2.05, 4.69) is 39.9 Å². The smallest absolute Gasteiger partial charge is 0.123 e. The lowest BCUT2D eigenvalue weighted by molar-refractivity contribution is 0.220. The van der Waals surface area contributed by atoms with Gasteiger partial charge in [0.1, 0.15) is 5.82 Å². The summed E-state index contributed by atoms with van der Waals surface area (Å²) < 4.78 is 15.7. The van der Waals surface area contributed by atoms with Gasteiger partial charge in [0.05, 0.1) is 6.04 Å². The average molecular weight is 355 g/mol. The summed E-state index contributed by atoms with van der Waals surface area (Å²) in [5.74, 6) is -0.197. The summed E-state index contributed by atoms with van der Waals surface area (Å²) in [6.07, 6.45) is 3.23. The van der Waals surface area contributed by atoms with Crippen LogP contribution >= 0.6 is 11.6 Å². The molecule has 2 nitrogen and oxygen atoms in total. The number of rotatable bonds is 3. The SMILES string of the molecule is Fc1ccc([C@@H]2c3cccn3CCCN2Cc2ccc(Cl)cc2)cc1. The van der Waals surface area contributed by atoms with Gasteiger partial charge in [-0.3, -0.25) is 4.90 Å². The Hall–Kier alpha value is -2.10. The van der Waals surface area contributed by atoms with E-state index < -0.39 is 0 Å². The first-order valence-corrected chi connectivity index (χ1v) is 8.97. The molecule has 1 aliphatic rings. The molecule has 4 rings (SSSR count). The number of fused-ring (bicyclic) bond motifs is 1. The maximum atomic E-state index is 13.4. The lowest BCUT2D eigenvalue weighted by atomic mass is 10.0. The average Bonchev–Trinajstić information content (AvgIpc) is 3.00. The molecular weight excluding hydrogens is 335 g/mol. The minimum atomic E-state index is -0.197. The van der Waals surface area contributed by atoms with Gasteiger partial charge in [-0.15, -0.1) is 0 Å². The third kappa shape index (κ3) is 3.48. The quantitative estimate of drug-likeness (QED) is 0.621. The van der Waals surface area contributed by atoms with Crippen molar-refractivity contribution >= 4 is 11.6 Å². The maximum absolute atomic E-state index is 13.4. The van der Waals surface area contributed by atoms with Crippen molar-refractivity contribution in [2.45, 2.75) is 25.6 Å². The van der Waals surface area contributed by atoms with Crippen LogP contribution in [0.5, 0.6) is 0 Å². The highest BCUT2D eigenvalue weighted by Crippen LogP contribution is 2.33. The predicted molar refractivity (Wildman–Crippen MR) is 99.2 cm³/mol. The van der Waals surface area contributed by atoms with E-state index in [0.29, 0.717) is 0 Å². The van der Waals surface area contributed by atoms with Gasteiger partial charge in [-0.2, -0.15) is 0 Å². The molecule has 0 N–H and O–H groups in total. The number of benzene rings is 2. The second-order valence-corrected chi connectivity index (χ2v) is 6.97. The Bertz CT molecular complexity index is 839. The third-order valence-electron chi connectivity index (χ3n) is 4.84. The van der Waals surface area contributed by atoms with Crippen molar-refractivity contribution in [3.05, 3.63) is 94.5 Å². The molecule has 0 fully saturated rings. The third-order valence-corrected chi connectivity index (χ3v) is 5.09. The highest BCUT2D eigenvalue weighted by molar-refractivity contribution is 6.30. The molecule has 1 aliphatic heterocycles. The van der Waals surface area contributed by atoms with Crippen LogP contribution in [-0.4, -0.2) is 16.0 Å². The molecule has 0 bridgehead atoms. The van der Waals surface area contributed by atoms with Gasteiger partial charge in [0, 0.05) is 36.5 Å². The van der Waals surface area contributed by atoms with E-state index in [-0.39, 0.29) is 11.9 Å². The number of hydrogen-bond acceptors (Lipinski definition) is 1. The molecule has 0 aliphatic carbocycles. The second-order valence-electron chi connectivity index (χ2n) is 6.53. The van der Waals surface area contributed by atoms with Gasteiger partial charge < -0.3 is 4.57 Å². The number of nitrogens with zero attached hydrogens (tertiary/aromatic N) is 2. The van der Waals surface area contributed by atoms with Crippen LogP contribution in [0.1, 0.15) is 29.3 Å². The van der Waals surface area contributed by atoms with Gasteiger partial charge in [-0.1, -0.05) is 35.9 Å². The molecule has 0 saturated heterocycles. The Morgan fingerprint density at radius 1 is 0.960 bits per heavy atom. The zero-order chi connectivity index (χ0) is 17.2. The van der Waals surface area contributed by atoms with E-state index >= 15 is 0 Å². The molecule has 1 atom stereocenters. The lowest BCUT2D eigenvalue weighted by Crippen LogP contribution is -2.29. The van der Waals surface area contributed by atoms with Crippen LogP contribution < -0.4 is 0 Å². The Morgan fingerprint density at radius 3 is 2.48 bits per heavy atom. The molecule has 128 valence electrons. The van der Waals surface area contributed by atoms with E-state index in [9.17, 15) is 4.39 Å². The Labute approximate surface area is 152 Å². The van der Waals surface area contributed by atoms with Crippen molar-refractivity contribution < 1.29 is 4.39 Å². The van der Waals surface area contributed by atoms with Crippen LogP contribution in [0.4, 0.5) is 4.39 Å². The van der Waals surface area contributed by atoms with Gasteiger partial charge in [0.15, 0.2) is 0 Å². The Balaban J connectivity index is 1.72. The summed E-state index contributed by atoms with van der Waals surface area (Å²) in [7, 11) is 0. The summed E-state index contributed by atoms with van der Waals surface area (Å²) in [5.41, 5.74) is 3.62. The molecule has 2 heterocycles. The van der Waals surface area contributed by atoms with Gasteiger partial charge in [0.2, 0.25) is 0 Å². The minimum Gasteiger partial charge on any atom is -0.350 e. The van der Waals surface area contributed by atoms with Gasteiger partial charge in [-0.05, 0) is 53.9 Å². The van der Waals surface area contributed by atoms with Crippen molar-refractivity contribution in [1.29, 1.82) is 0 Å². The number of aromatic nitrogens is 1. The van der Waals surface area contributed by atoms with Crippen LogP contribution in [0.15, 0.2) is 66.9 Å². The van der Waals surface area contributed by atoms with Crippen molar-refractivity contribution in [1.82, 2.24) is 9.47 Å². The molecule has 0 saturated carbocycles. The zero-order valence-electron chi connectivity index (χ0n) is 13.9. The molecule has 1 aromatic heterocycles. The monoisotopic (exact) mass is 354 g/mol. The number of halogens is 2. The number of hydrogen-bond donors (Lipinski definition) is 0. The predicted octanol–water partition coefficient (Wildman–Crippen LogP) is 5.28. The molecule has 4 heteroatoms. The van der Waals surface area contributed by atoms with Crippen molar-refractivity contribution in [3.63, 3.8) is 0 Å². The first kappa shape index (κ1) is 16.4. The molecule has 0 amide bonds. The van der Waals surface area contributed by atoms with Gasteiger partial charge in [0.25, 0.3) is 0 Å². The van der Waals surface area contributed by atoms with Crippen LogP contribution in [0.25, 0.3) is 0 Å². The second kappa shape index (κ2) is 7.03. The Kier molecular flexibility index (Phi) is 4.60. The molecule has 3 aromatic rings. The fraction of sp³-hybridized carbons (Fsp3) is 0.238. The first-order chi connectivity index (χ1) is 12.2. The summed E-state index contributed by atoms with van der Waals surface area (Å²) in [4.78, 5) is 2.47. The molecule has 25 heavy (non-hydrogen) atoms. The van der Waals surface area contributed by atoms with Crippen molar-refractivity contribution in [2.75, 3.05) is 6.54 Å². The molecule has 2 aromatic carbocycles. The van der Waals surface area contributed by atoms with E-state index in [0.717, 1.165) is 36.6 Å². The highest BCUT2D eigenvalue weighted by atomic mass is 35.5. The molecule has 0 unspecified atom stereocenters. The normalized spacial score (nSPS) is 17.9. The summed E-state index contributed by atoms with van der Waals surface area (Å²) in [6, 6.07) is 19.3. The van der Waals surface area contributed by atoms with E-state index in [1.54, 1.807) is 12.1 Å². The van der Waals surface area contributed by atoms with E-state index in [4.69, 9.17) is 11.6 Å². The summed E-state index contributed by atoms with van der Waals surface area (Å²) in [5, 5.41) is 0.753. The standard InChI is InChI=1S/C21H20ClFN2/c22-18-8-4-16(5-9-18)15-25-14-2-13-24-12-1-3-20(24)21(25)17-6-10-19(23)11-7-17/h1,3-12,21H,2,13-15H2/t21-/m1/s1. The van der Waals surface area contributed by atoms with Crippen LogP contribution in [0.2, 0.25) is 5.02 Å². The molecule has 0 spiro atoms.